The van der Waals surface area contributed by atoms with E-state index in [1.165, 1.54) is 11.3 Å². The molecule has 1 aromatic heterocycles. The van der Waals surface area contributed by atoms with Crippen molar-refractivity contribution in [3.8, 4) is 10.6 Å². The number of nitrogens with zero attached hydrogens (tertiary/aromatic N) is 1. The quantitative estimate of drug-likeness (QED) is 0.794. The Hall–Kier alpha value is -1.72. The Morgan fingerprint density at radius 2 is 2.05 bits per heavy atom. The summed E-state index contributed by atoms with van der Waals surface area (Å²) in [5.74, 6) is -0.102. The number of carbonyl (C=O) groups excluding carboxylic acids is 1. The van der Waals surface area contributed by atoms with Gasteiger partial charge in [-0.1, -0.05) is 30.3 Å². The van der Waals surface area contributed by atoms with Crippen LogP contribution in [0.15, 0.2) is 35.7 Å². The summed E-state index contributed by atoms with van der Waals surface area (Å²) in [4.78, 5) is 16.2. The zero-order valence-electron chi connectivity index (χ0n) is 10.8. The monoisotopic (exact) mass is 275 g/mol. The number of nitrogens with one attached hydrogen (secondary N) is 2. The van der Waals surface area contributed by atoms with Gasteiger partial charge in [0.15, 0.2) is 0 Å². The minimum atomic E-state index is -0.102. The third kappa shape index (κ3) is 3.87. The Kier molecular flexibility index (Phi) is 5.06. The molecule has 1 amide bonds. The Morgan fingerprint density at radius 3 is 2.79 bits per heavy atom. The molecule has 0 unspecified atom stereocenters. The SMILES string of the molecule is CNCCCNC(=O)c1csc(-c2ccccc2)n1. The Labute approximate surface area is 116 Å². The van der Waals surface area contributed by atoms with E-state index >= 15 is 0 Å². The molecule has 0 bridgehead atoms. The molecule has 2 aromatic rings. The van der Waals surface area contributed by atoms with Crippen LogP contribution in [0.4, 0.5) is 0 Å². The van der Waals surface area contributed by atoms with Crippen LogP contribution in [0.2, 0.25) is 0 Å². The van der Waals surface area contributed by atoms with E-state index in [4.69, 9.17) is 0 Å². The average Bonchev–Trinajstić information content (AvgIpc) is 2.94. The van der Waals surface area contributed by atoms with Gasteiger partial charge in [-0.05, 0) is 20.0 Å². The summed E-state index contributed by atoms with van der Waals surface area (Å²) in [5, 5.41) is 8.58. The lowest BCUT2D eigenvalue weighted by Crippen LogP contribution is -2.26. The lowest BCUT2D eigenvalue weighted by atomic mass is 10.2. The van der Waals surface area contributed by atoms with Gasteiger partial charge in [0.2, 0.25) is 0 Å². The summed E-state index contributed by atoms with van der Waals surface area (Å²) in [6, 6.07) is 9.88. The fourth-order valence-corrected chi connectivity index (χ4v) is 2.46. The third-order valence-corrected chi connectivity index (χ3v) is 3.54. The van der Waals surface area contributed by atoms with E-state index in [-0.39, 0.29) is 5.91 Å². The molecule has 0 saturated carbocycles. The molecule has 1 aromatic carbocycles. The second-order valence-corrected chi connectivity index (χ2v) is 4.98. The number of carbonyl (C=O) groups is 1. The molecule has 0 aliphatic carbocycles. The molecule has 0 aliphatic heterocycles. The zero-order valence-corrected chi connectivity index (χ0v) is 11.7. The topological polar surface area (TPSA) is 54.0 Å². The molecule has 0 atom stereocenters. The highest BCUT2D eigenvalue weighted by molar-refractivity contribution is 7.13. The molecule has 0 radical (unpaired) electrons. The van der Waals surface area contributed by atoms with E-state index in [1.807, 2.05) is 37.4 Å². The number of rotatable bonds is 6. The van der Waals surface area contributed by atoms with Crippen molar-refractivity contribution in [3.63, 3.8) is 0 Å². The molecule has 4 nitrogen and oxygen atoms in total. The van der Waals surface area contributed by atoms with Crippen LogP contribution in [0.25, 0.3) is 10.6 Å². The average molecular weight is 275 g/mol. The van der Waals surface area contributed by atoms with Gasteiger partial charge in [0.1, 0.15) is 10.7 Å². The molecule has 0 saturated heterocycles. The summed E-state index contributed by atoms with van der Waals surface area (Å²) in [6.07, 6.45) is 0.915. The van der Waals surface area contributed by atoms with Gasteiger partial charge in [-0.2, -0.15) is 0 Å². The van der Waals surface area contributed by atoms with Gasteiger partial charge in [0.25, 0.3) is 5.91 Å². The molecular weight excluding hydrogens is 258 g/mol. The molecule has 5 heteroatoms. The smallest absolute Gasteiger partial charge is 0.270 e. The van der Waals surface area contributed by atoms with Crippen LogP contribution in [0.5, 0.6) is 0 Å². The van der Waals surface area contributed by atoms with Crippen molar-refractivity contribution in [1.82, 2.24) is 15.6 Å². The Morgan fingerprint density at radius 1 is 1.26 bits per heavy atom. The number of amides is 1. The minimum Gasteiger partial charge on any atom is -0.351 e. The van der Waals surface area contributed by atoms with Crippen LogP contribution in [0, 0.1) is 0 Å². The Bertz CT molecular complexity index is 524. The summed E-state index contributed by atoms with van der Waals surface area (Å²) >= 11 is 1.49. The van der Waals surface area contributed by atoms with E-state index in [2.05, 4.69) is 15.6 Å². The lowest BCUT2D eigenvalue weighted by Gasteiger charge is -2.02. The second kappa shape index (κ2) is 7.01. The first-order valence-corrected chi connectivity index (χ1v) is 7.13. The fraction of sp³-hybridized carbons (Fsp3) is 0.286. The number of benzene rings is 1. The fourth-order valence-electron chi connectivity index (χ4n) is 1.65. The van der Waals surface area contributed by atoms with Gasteiger partial charge in [0, 0.05) is 17.5 Å². The standard InChI is InChI=1S/C14H17N3OS/c1-15-8-5-9-16-13(18)12-10-19-14(17-12)11-6-3-2-4-7-11/h2-4,6-7,10,15H,5,8-9H2,1H3,(H,16,18). The van der Waals surface area contributed by atoms with Crippen molar-refractivity contribution < 1.29 is 4.79 Å². The van der Waals surface area contributed by atoms with Crippen molar-refractivity contribution in [2.24, 2.45) is 0 Å². The molecule has 0 aliphatic rings. The van der Waals surface area contributed by atoms with Crippen molar-refractivity contribution in [2.45, 2.75) is 6.42 Å². The largest absolute Gasteiger partial charge is 0.351 e. The molecule has 19 heavy (non-hydrogen) atoms. The van der Waals surface area contributed by atoms with Crippen LogP contribution >= 0.6 is 11.3 Å². The highest BCUT2D eigenvalue weighted by atomic mass is 32.1. The molecule has 2 N–H and O–H groups in total. The van der Waals surface area contributed by atoms with Gasteiger partial charge in [-0.15, -0.1) is 11.3 Å². The molecule has 2 rings (SSSR count). The van der Waals surface area contributed by atoms with Crippen LogP contribution in [-0.4, -0.2) is 31.0 Å². The van der Waals surface area contributed by atoms with Gasteiger partial charge in [-0.3, -0.25) is 4.79 Å². The predicted octanol–water partition coefficient (Wildman–Crippen LogP) is 2.15. The van der Waals surface area contributed by atoms with Crippen LogP contribution in [-0.2, 0) is 0 Å². The van der Waals surface area contributed by atoms with Gasteiger partial charge >= 0.3 is 0 Å². The molecular formula is C14H17N3OS. The first-order valence-electron chi connectivity index (χ1n) is 6.25. The summed E-state index contributed by atoms with van der Waals surface area (Å²) in [5.41, 5.74) is 1.54. The maximum absolute atomic E-state index is 11.9. The normalized spacial score (nSPS) is 10.4. The van der Waals surface area contributed by atoms with Crippen LogP contribution in [0.3, 0.4) is 0 Å². The van der Waals surface area contributed by atoms with Gasteiger partial charge in [-0.25, -0.2) is 4.98 Å². The van der Waals surface area contributed by atoms with Crippen LogP contribution < -0.4 is 10.6 Å². The summed E-state index contributed by atoms with van der Waals surface area (Å²) in [7, 11) is 1.90. The highest BCUT2D eigenvalue weighted by Crippen LogP contribution is 2.23. The van der Waals surface area contributed by atoms with E-state index in [0.717, 1.165) is 23.5 Å². The molecule has 100 valence electrons. The highest BCUT2D eigenvalue weighted by Gasteiger charge is 2.10. The summed E-state index contributed by atoms with van der Waals surface area (Å²) < 4.78 is 0. The zero-order chi connectivity index (χ0) is 13.5. The van der Waals surface area contributed by atoms with Gasteiger partial charge in [0.05, 0.1) is 0 Å². The van der Waals surface area contributed by atoms with Crippen molar-refractivity contribution in [2.75, 3.05) is 20.1 Å². The number of thiazole rings is 1. The second-order valence-electron chi connectivity index (χ2n) is 4.12. The number of hydrogen-bond acceptors (Lipinski definition) is 4. The Balaban J connectivity index is 1.95. The minimum absolute atomic E-state index is 0.102. The third-order valence-electron chi connectivity index (χ3n) is 2.65. The predicted molar refractivity (Wildman–Crippen MR) is 78.4 cm³/mol. The van der Waals surface area contributed by atoms with Crippen LogP contribution in [0.1, 0.15) is 16.9 Å². The van der Waals surface area contributed by atoms with Crippen molar-refractivity contribution >= 4 is 17.2 Å². The first kappa shape index (κ1) is 13.7. The van der Waals surface area contributed by atoms with E-state index in [0.29, 0.717) is 12.2 Å². The lowest BCUT2D eigenvalue weighted by molar-refractivity contribution is 0.0949. The van der Waals surface area contributed by atoms with E-state index in [9.17, 15) is 4.79 Å². The summed E-state index contributed by atoms with van der Waals surface area (Å²) in [6.45, 7) is 1.56. The number of aromatic nitrogens is 1. The van der Waals surface area contributed by atoms with Crippen molar-refractivity contribution in [3.05, 3.63) is 41.4 Å². The molecule has 0 spiro atoms. The van der Waals surface area contributed by atoms with E-state index in [1.54, 1.807) is 5.38 Å². The van der Waals surface area contributed by atoms with E-state index < -0.39 is 0 Å². The maximum Gasteiger partial charge on any atom is 0.270 e. The maximum atomic E-state index is 11.9. The molecule has 0 fully saturated rings. The number of hydrogen-bond donors (Lipinski definition) is 2. The molecule has 1 heterocycles. The van der Waals surface area contributed by atoms with Crippen molar-refractivity contribution in [1.29, 1.82) is 0 Å². The van der Waals surface area contributed by atoms with Gasteiger partial charge < -0.3 is 10.6 Å². The first-order chi connectivity index (χ1) is 9.31.